The number of benzene rings is 2. The van der Waals surface area contributed by atoms with Gasteiger partial charge in [0.25, 0.3) is 0 Å². The Bertz CT molecular complexity index is 503. The highest BCUT2D eigenvalue weighted by atomic mass is 79.9. The van der Waals surface area contributed by atoms with Crippen molar-refractivity contribution in [3.63, 3.8) is 0 Å². The maximum Gasteiger partial charge on any atom is 0.119 e. The van der Waals surface area contributed by atoms with E-state index in [1.54, 1.807) is 0 Å². The topological polar surface area (TPSA) is 9.23 Å². The minimum Gasteiger partial charge on any atom is -0.489 e. The van der Waals surface area contributed by atoms with E-state index in [1.807, 2.05) is 30.3 Å². The maximum atomic E-state index is 5.75. The highest BCUT2D eigenvalue weighted by Gasteiger charge is 1.96. The van der Waals surface area contributed by atoms with Crippen molar-refractivity contribution in [1.29, 1.82) is 0 Å². The molecular weight excluding hydrogens is 300 g/mol. The Labute approximate surface area is 123 Å². The Morgan fingerprint density at radius 3 is 2.26 bits per heavy atom. The molecule has 0 radical (unpaired) electrons. The molecule has 0 amide bonds. The van der Waals surface area contributed by atoms with Gasteiger partial charge >= 0.3 is 0 Å². The predicted octanol–water partition coefficient (Wildman–Crippen LogP) is 4.76. The van der Waals surface area contributed by atoms with E-state index in [0.29, 0.717) is 6.61 Å². The summed E-state index contributed by atoms with van der Waals surface area (Å²) < 4.78 is 5.75. The zero-order valence-corrected chi connectivity index (χ0v) is 12.3. The molecule has 1 nitrogen and oxygen atoms in total. The Morgan fingerprint density at radius 1 is 0.842 bits per heavy atom. The molecule has 0 aliphatic rings. The number of hydrogen-bond acceptors (Lipinski definition) is 1. The summed E-state index contributed by atoms with van der Waals surface area (Å²) in [4.78, 5) is 0. The SMILES string of the molecule is BrC/C=C/Cc1ccc(OCc2ccccc2)cc1. The number of allylic oxidation sites excluding steroid dienone is 2. The molecule has 0 aromatic heterocycles. The van der Waals surface area contributed by atoms with Gasteiger partial charge in [0.2, 0.25) is 0 Å². The lowest BCUT2D eigenvalue weighted by molar-refractivity contribution is 0.306. The predicted molar refractivity (Wildman–Crippen MR) is 83.9 cm³/mol. The van der Waals surface area contributed by atoms with E-state index in [4.69, 9.17) is 4.74 Å². The molecule has 0 saturated carbocycles. The molecule has 0 aliphatic heterocycles. The van der Waals surface area contributed by atoms with Crippen LogP contribution >= 0.6 is 15.9 Å². The summed E-state index contributed by atoms with van der Waals surface area (Å²) in [6.07, 6.45) is 5.24. The van der Waals surface area contributed by atoms with Crippen LogP contribution in [0.1, 0.15) is 11.1 Å². The first-order chi connectivity index (χ1) is 9.38. The fourth-order valence-electron chi connectivity index (χ4n) is 1.75. The second kappa shape index (κ2) is 7.80. The minimum absolute atomic E-state index is 0.615. The Hall–Kier alpha value is -1.54. The van der Waals surface area contributed by atoms with Gasteiger partial charge in [-0.1, -0.05) is 70.5 Å². The normalized spacial score (nSPS) is 10.8. The van der Waals surface area contributed by atoms with Crippen LogP contribution in [0.15, 0.2) is 66.7 Å². The van der Waals surface area contributed by atoms with Crippen molar-refractivity contribution in [1.82, 2.24) is 0 Å². The summed E-state index contributed by atoms with van der Waals surface area (Å²) in [6, 6.07) is 18.5. The molecule has 0 unspecified atom stereocenters. The summed E-state index contributed by atoms with van der Waals surface area (Å²) in [5, 5.41) is 0.908. The lowest BCUT2D eigenvalue weighted by atomic mass is 10.1. The number of hydrogen-bond donors (Lipinski definition) is 0. The van der Waals surface area contributed by atoms with Gasteiger partial charge in [-0.15, -0.1) is 0 Å². The van der Waals surface area contributed by atoms with Gasteiger partial charge in [-0.3, -0.25) is 0 Å². The standard InChI is InChI=1S/C17H17BrO/c18-13-5-4-6-15-9-11-17(12-10-15)19-14-16-7-2-1-3-8-16/h1-5,7-12H,6,13-14H2/b5-4+. The van der Waals surface area contributed by atoms with Crippen LogP contribution in [0.5, 0.6) is 5.75 Å². The second-order valence-corrected chi connectivity index (χ2v) is 4.90. The first-order valence-corrected chi connectivity index (χ1v) is 7.47. The maximum absolute atomic E-state index is 5.75. The second-order valence-electron chi connectivity index (χ2n) is 4.25. The quantitative estimate of drug-likeness (QED) is 0.551. The van der Waals surface area contributed by atoms with Gasteiger partial charge in [-0.2, -0.15) is 0 Å². The molecule has 2 aromatic rings. The van der Waals surface area contributed by atoms with E-state index in [1.165, 1.54) is 11.1 Å². The molecule has 0 spiro atoms. The molecule has 0 heterocycles. The Morgan fingerprint density at radius 2 is 1.58 bits per heavy atom. The lowest BCUT2D eigenvalue weighted by Crippen LogP contribution is -1.94. The number of rotatable bonds is 6. The van der Waals surface area contributed by atoms with Crippen LogP contribution in [0.4, 0.5) is 0 Å². The number of alkyl halides is 1. The average molecular weight is 317 g/mol. The summed E-state index contributed by atoms with van der Waals surface area (Å²) in [5.74, 6) is 0.914. The first-order valence-electron chi connectivity index (χ1n) is 6.35. The molecular formula is C17H17BrO. The van der Waals surface area contributed by atoms with Crippen LogP contribution in [0, 0.1) is 0 Å². The van der Waals surface area contributed by atoms with E-state index < -0.39 is 0 Å². The van der Waals surface area contributed by atoms with Gasteiger partial charge in [0, 0.05) is 5.33 Å². The zero-order chi connectivity index (χ0) is 13.3. The number of ether oxygens (including phenoxy) is 1. The fourth-order valence-corrected chi connectivity index (χ4v) is 2.01. The van der Waals surface area contributed by atoms with Crippen LogP contribution in [-0.4, -0.2) is 5.33 Å². The Kier molecular flexibility index (Phi) is 5.70. The average Bonchev–Trinajstić information content (AvgIpc) is 2.48. The Balaban J connectivity index is 1.86. The minimum atomic E-state index is 0.615. The van der Waals surface area contributed by atoms with E-state index in [9.17, 15) is 0 Å². The van der Waals surface area contributed by atoms with Gasteiger partial charge in [-0.05, 0) is 29.7 Å². The van der Waals surface area contributed by atoms with Crippen molar-refractivity contribution in [2.75, 3.05) is 5.33 Å². The van der Waals surface area contributed by atoms with Crippen molar-refractivity contribution in [3.05, 3.63) is 77.9 Å². The highest BCUT2D eigenvalue weighted by molar-refractivity contribution is 9.09. The third kappa shape index (κ3) is 4.92. The van der Waals surface area contributed by atoms with E-state index in [0.717, 1.165) is 17.5 Å². The molecule has 0 bridgehead atoms. The van der Waals surface area contributed by atoms with Crippen LogP contribution in [0.25, 0.3) is 0 Å². The summed E-state index contributed by atoms with van der Waals surface area (Å²) in [7, 11) is 0. The van der Waals surface area contributed by atoms with Crippen molar-refractivity contribution in [2.45, 2.75) is 13.0 Å². The third-order valence-corrected chi connectivity index (χ3v) is 3.15. The van der Waals surface area contributed by atoms with Crippen molar-refractivity contribution in [2.24, 2.45) is 0 Å². The molecule has 98 valence electrons. The molecule has 2 aromatic carbocycles. The largest absolute Gasteiger partial charge is 0.489 e. The molecule has 0 aliphatic carbocycles. The molecule has 0 N–H and O–H groups in total. The van der Waals surface area contributed by atoms with Crippen LogP contribution in [-0.2, 0) is 13.0 Å². The van der Waals surface area contributed by atoms with Crippen molar-refractivity contribution < 1.29 is 4.74 Å². The van der Waals surface area contributed by atoms with Gasteiger partial charge in [-0.25, -0.2) is 0 Å². The van der Waals surface area contributed by atoms with Crippen LogP contribution in [0.2, 0.25) is 0 Å². The van der Waals surface area contributed by atoms with E-state index in [2.05, 4.69) is 52.3 Å². The molecule has 19 heavy (non-hydrogen) atoms. The monoisotopic (exact) mass is 316 g/mol. The van der Waals surface area contributed by atoms with Crippen LogP contribution < -0.4 is 4.74 Å². The van der Waals surface area contributed by atoms with Crippen molar-refractivity contribution in [3.8, 4) is 5.75 Å². The highest BCUT2D eigenvalue weighted by Crippen LogP contribution is 2.14. The summed E-state index contributed by atoms with van der Waals surface area (Å²) >= 11 is 3.37. The third-order valence-electron chi connectivity index (χ3n) is 2.78. The molecule has 2 rings (SSSR count). The van der Waals surface area contributed by atoms with Gasteiger partial charge in [0.1, 0.15) is 12.4 Å². The smallest absolute Gasteiger partial charge is 0.119 e. The molecule has 2 heteroatoms. The molecule has 0 fully saturated rings. The summed E-state index contributed by atoms with van der Waals surface area (Å²) in [5.41, 5.74) is 2.48. The van der Waals surface area contributed by atoms with Gasteiger partial charge in [0.15, 0.2) is 0 Å². The first kappa shape index (κ1) is 13.9. The van der Waals surface area contributed by atoms with Crippen LogP contribution in [0.3, 0.4) is 0 Å². The van der Waals surface area contributed by atoms with E-state index >= 15 is 0 Å². The number of halogens is 1. The van der Waals surface area contributed by atoms with E-state index in [-0.39, 0.29) is 0 Å². The van der Waals surface area contributed by atoms with Crippen molar-refractivity contribution >= 4 is 15.9 Å². The zero-order valence-electron chi connectivity index (χ0n) is 10.8. The molecule has 0 saturated heterocycles. The van der Waals surface area contributed by atoms with Gasteiger partial charge in [0.05, 0.1) is 0 Å². The van der Waals surface area contributed by atoms with Gasteiger partial charge < -0.3 is 4.74 Å². The summed E-state index contributed by atoms with van der Waals surface area (Å²) in [6.45, 7) is 0.615. The lowest BCUT2D eigenvalue weighted by Gasteiger charge is -2.06. The fraction of sp³-hybridized carbons (Fsp3) is 0.176. The molecule has 0 atom stereocenters.